The van der Waals surface area contributed by atoms with Crippen LogP contribution in [-0.2, 0) is 9.53 Å². The summed E-state index contributed by atoms with van der Waals surface area (Å²) < 4.78 is 4.77. The Hall–Kier alpha value is -0.650. The van der Waals surface area contributed by atoms with Crippen LogP contribution in [0.15, 0.2) is 0 Å². The standard InChI is InChI=1S/C11H22N2O3/c1-3-16-11(15)6-10(14)7-12-9-4-5-13(2)8-9/h9-10,12,14H,3-8H2,1-2H3. The van der Waals surface area contributed by atoms with E-state index in [0.717, 1.165) is 19.5 Å². The van der Waals surface area contributed by atoms with Crippen molar-refractivity contribution in [2.45, 2.75) is 31.9 Å². The van der Waals surface area contributed by atoms with Crippen LogP contribution in [0, 0.1) is 0 Å². The number of esters is 1. The van der Waals surface area contributed by atoms with Gasteiger partial charge in [0.25, 0.3) is 0 Å². The van der Waals surface area contributed by atoms with Gasteiger partial charge in [-0.25, -0.2) is 0 Å². The van der Waals surface area contributed by atoms with E-state index in [1.54, 1.807) is 6.92 Å². The predicted molar refractivity (Wildman–Crippen MR) is 61.2 cm³/mol. The molecule has 1 heterocycles. The maximum Gasteiger partial charge on any atom is 0.308 e. The number of hydrogen-bond donors (Lipinski definition) is 2. The van der Waals surface area contributed by atoms with E-state index in [1.165, 1.54) is 0 Å². The average molecular weight is 230 g/mol. The number of nitrogens with one attached hydrogen (secondary N) is 1. The van der Waals surface area contributed by atoms with Crippen LogP contribution in [0.2, 0.25) is 0 Å². The smallest absolute Gasteiger partial charge is 0.308 e. The molecule has 16 heavy (non-hydrogen) atoms. The van der Waals surface area contributed by atoms with Gasteiger partial charge in [0.05, 0.1) is 19.1 Å². The quantitative estimate of drug-likeness (QED) is 0.608. The second-order valence-corrected chi connectivity index (χ2v) is 4.32. The topological polar surface area (TPSA) is 61.8 Å². The van der Waals surface area contributed by atoms with Gasteiger partial charge in [-0.1, -0.05) is 0 Å². The zero-order chi connectivity index (χ0) is 12.0. The monoisotopic (exact) mass is 230 g/mol. The molecule has 0 aromatic carbocycles. The third-order valence-electron chi connectivity index (χ3n) is 2.74. The Balaban J connectivity index is 2.10. The molecule has 0 aliphatic carbocycles. The average Bonchev–Trinajstić information content (AvgIpc) is 2.61. The number of hydrogen-bond acceptors (Lipinski definition) is 5. The number of carbonyl (C=O) groups is 1. The van der Waals surface area contributed by atoms with Crippen LogP contribution in [0.25, 0.3) is 0 Å². The zero-order valence-corrected chi connectivity index (χ0v) is 10.1. The lowest BCUT2D eigenvalue weighted by molar-refractivity contribution is -0.145. The largest absolute Gasteiger partial charge is 0.466 e. The molecule has 1 fully saturated rings. The van der Waals surface area contributed by atoms with Gasteiger partial charge in [-0.05, 0) is 26.9 Å². The van der Waals surface area contributed by atoms with Gasteiger partial charge in [0, 0.05) is 19.1 Å². The van der Waals surface area contributed by atoms with E-state index in [0.29, 0.717) is 19.2 Å². The van der Waals surface area contributed by atoms with Crippen molar-refractivity contribution in [3.63, 3.8) is 0 Å². The van der Waals surface area contributed by atoms with Crippen molar-refractivity contribution in [3.8, 4) is 0 Å². The van der Waals surface area contributed by atoms with Crippen molar-refractivity contribution in [1.82, 2.24) is 10.2 Å². The van der Waals surface area contributed by atoms with Crippen LogP contribution >= 0.6 is 0 Å². The molecule has 0 aromatic rings. The molecule has 2 unspecified atom stereocenters. The van der Waals surface area contributed by atoms with Crippen molar-refractivity contribution in [3.05, 3.63) is 0 Å². The first kappa shape index (κ1) is 13.4. The third-order valence-corrected chi connectivity index (χ3v) is 2.74. The highest BCUT2D eigenvalue weighted by Gasteiger charge is 2.20. The van der Waals surface area contributed by atoms with Gasteiger partial charge in [-0.3, -0.25) is 4.79 Å². The molecule has 0 bridgehead atoms. The third kappa shape index (κ3) is 4.92. The lowest BCUT2D eigenvalue weighted by atomic mass is 10.2. The van der Waals surface area contributed by atoms with Crippen molar-refractivity contribution >= 4 is 5.97 Å². The molecule has 0 radical (unpaired) electrons. The Labute approximate surface area is 96.8 Å². The second-order valence-electron chi connectivity index (χ2n) is 4.32. The number of likely N-dealkylation sites (N-methyl/N-ethyl adjacent to an activating group) is 1. The van der Waals surface area contributed by atoms with Gasteiger partial charge in [0.15, 0.2) is 0 Å². The maximum atomic E-state index is 11.1. The number of aliphatic hydroxyl groups is 1. The fourth-order valence-corrected chi connectivity index (χ4v) is 1.89. The van der Waals surface area contributed by atoms with Crippen molar-refractivity contribution in [2.75, 3.05) is 33.3 Å². The van der Waals surface area contributed by atoms with Crippen LogP contribution in [0.1, 0.15) is 19.8 Å². The number of aliphatic hydroxyl groups excluding tert-OH is 1. The van der Waals surface area contributed by atoms with Gasteiger partial charge in [-0.15, -0.1) is 0 Å². The molecule has 0 amide bonds. The molecule has 5 heteroatoms. The first-order chi connectivity index (χ1) is 7.61. The molecule has 1 aliphatic rings. The van der Waals surface area contributed by atoms with Gasteiger partial charge >= 0.3 is 5.97 Å². The van der Waals surface area contributed by atoms with Crippen molar-refractivity contribution in [2.24, 2.45) is 0 Å². The lowest BCUT2D eigenvalue weighted by Crippen LogP contribution is -2.38. The number of nitrogens with zero attached hydrogens (tertiary/aromatic N) is 1. The highest BCUT2D eigenvalue weighted by atomic mass is 16.5. The molecule has 0 aromatic heterocycles. The summed E-state index contributed by atoms with van der Waals surface area (Å²) in [7, 11) is 2.08. The maximum absolute atomic E-state index is 11.1. The van der Waals surface area contributed by atoms with E-state index >= 15 is 0 Å². The molecular formula is C11H22N2O3. The van der Waals surface area contributed by atoms with Gasteiger partial charge in [-0.2, -0.15) is 0 Å². The number of ether oxygens (including phenoxy) is 1. The predicted octanol–water partition coefficient (Wildman–Crippen LogP) is -0.406. The van der Waals surface area contributed by atoms with Gasteiger partial charge in [0.1, 0.15) is 0 Å². The van der Waals surface area contributed by atoms with Crippen LogP contribution in [0.4, 0.5) is 0 Å². The lowest BCUT2D eigenvalue weighted by Gasteiger charge is -2.15. The minimum absolute atomic E-state index is 0.0728. The molecule has 2 N–H and O–H groups in total. The Morgan fingerprint density at radius 3 is 3.00 bits per heavy atom. The van der Waals surface area contributed by atoms with Crippen molar-refractivity contribution in [1.29, 1.82) is 0 Å². The van der Waals surface area contributed by atoms with Gasteiger partial charge < -0.3 is 20.1 Å². The van der Waals surface area contributed by atoms with E-state index in [1.807, 2.05) is 0 Å². The summed E-state index contributed by atoms with van der Waals surface area (Å²) in [6.45, 7) is 4.68. The first-order valence-corrected chi connectivity index (χ1v) is 5.87. The molecule has 1 aliphatic heterocycles. The highest BCUT2D eigenvalue weighted by Crippen LogP contribution is 2.06. The normalized spacial score (nSPS) is 23.3. The molecule has 5 nitrogen and oxygen atoms in total. The van der Waals surface area contributed by atoms with E-state index in [2.05, 4.69) is 17.3 Å². The molecule has 1 saturated heterocycles. The van der Waals surface area contributed by atoms with Crippen LogP contribution in [-0.4, -0.2) is 61.4 Å². The second kappa shape index (κ2) is 6.83. The van der Waals surface area contributed by atoms with Crippen LogP contribution < -0.4 is 5.32 Å². The summed E-state index contributed by atoms with van der Waals surface area (Å²) in [6.07, 6.45) is 0.524. The Kier molecular flexibility index (Phi) is 5.73. The molecule has 2 atom stereocenters. The van der Waals surface area contributed by atoms with E-state index in [4.69, 9.17) is 4.74 Å². The zero-order valence-electron chi connectivity index (χ0n) is 10.1. The van der Waals surface area contributed by atoms with E-state index < -0.39 is 6.10 Å². The Bertz CT molecular complexity index is 223. The summed E-state index contributed by atoms with van der Waals surface area (Å²) in [4.78, 5) is 13.3. The summed E-state index contributed by atoms with van der Waals surface area (Å²) >= 11 is 0. The highest BCUT2D eigenvalue weighted by molar-refractivity contribution is 5.69. The van der Waals surface area contributed by atoms with Crippen molar-refractivity contribution < 1.29 is 14.6 Å². The summed E-state index contributed by atoms with van der Waals surface area (Å²) in [5.41, 5.74) is 0. The molecule has 0 spiro atoms. The van der Waals surface area contributed by atoms with E-state index in [9.17, 15) is 9.90 Å². The van der Waals surface area contributed by atoms with Crippen LogP contribution in [0.5, 0.6) is 0 Å². The fourth-order valence-electron chi connectivity index (χ4n) is 1.89. The molecular weight excluding hydrogens is 208 g/mol. The number of likely N-dealkylation sites (tertiary alicyclic amines) is 1. The molecule has 0 saturated carbocycles. The minimum atomic E-state index is -0.648. The fraction of sp³-hybridized carbons (Fsp3) is 0.909. The summed E-state index contributed by atoms with van der Waals surface area (Å²) in [6, 6.07) is 0.432. The van der Waals surface area contributed by atoms with E-state index in [-0.39, 0.29) is 12.4 Å². The Morgan fingerprint density at radius 1 is 1.69 bits per heavy atom. The number of rotatable bonds is 6. The SMILES string of the molecule is CCOC(=O)CC(O)CNC1CCN(C)C1. The first-order valence-electron chi connectivity index (χ1n) is 5.87. The molecule has 94 valence electrons. The minimum Gasteiger partial charge on any atom is -0.466 e. The molecule has 1 rings (SSSR count). The summed E-state index contributed by atoms with van der Waals surface area (Å²) in [5.74, 6) is -0.333. The van der Waals surface area contributed by atoms with Gasteiger partial charge in [0.2, 0.25) is 0 Å². The Morgan fingerprint density at radius 2 is 2.44 bits per heavy atom. The number of carbonyl (C=O) groups excluding carboxylic acids is 1. The summed E-state index contributed by atoms with van der Waals surface area (Å²) in [5, 5.41) is 12.9. The van der Waals surface area contributed by atoms with Crippen LogP contribution in [0.3, 0.4) is 0 Å².